The topological polar surface area (TPSA) is 55.9 Å². The normalized spacial score (nSPS) is 10.4. The number of nitrogens with zero attached hydrogens (tertiary/aromatic N) is 2. The highest BCUT2D eigenvalue weighted by molar-refractivity contribution is 5.30. The van der Waals surface area contributed by atoms with Crippen molar-refractivity contribution in [3.63, 3.8) is 0 Å². The smallest absolute Gasteiger partial charge is 0.202 e. The SMILES string of the molecule is Cn1ccnc1NCc1ccc(CN)cc1. The second-order valence-corrected chi connectivity index (χ2v) is 3.74. The van der Waals surface area contributed by atoms with Crippen LogP contribution in [0.15, 0.2) is 36.7 Å². The minimum absolute atomic E-state index is 0.590. The van der Waals surface area contributed by atoms with E-state index in [0.717, 1.165) is 18.1 Å². The van der Waals surface area contributed by atoms with Crippen molar-refractivity contribution in [2.75, 3.05) is 5.32 Å². The van der Waals surface area contributed by atoms with Crippen molar-refractivity contribution in [2.45, 2.75) is 13.1 Å². The number of rotatable bonds is 4. The van der Waals surface area contributed by atoms with Gasteiger partial charge in [-0.3, -0.25) is 0 Å². The van der Waals surface area contributed by atoms with Gasteiger partial charge in [0.25, 0.3) is 0 Å². The summed E-state index contributed by atoms with van der Waals surface area (Å²) in [6, 6.07) is 8.27. The Labute approximate surface area is 95.1 Å². The number of nitrogens with one attached hydrogen (secondary N) is 1. The average molecular weight is 216 g/mol. The second kappa shape index (κ2) is 4.81. The lowest BCUT2D eigenvalue weighted by atomic mass is 10.1. The number of anilines is 1. The maximum atomic E-state index is 5.54. The molecule has 0 aliphatic rings. The number of aromatic nitrogens is 2. The van der Waals surface area contributed by atoms with Crippen LogP contribution in [0.1, 0.15) is 11.1 Å². The van der Waals surface area contributed by atoms with E-state index < -0.39 is 0 Å². The van der Waals surface area contributed by atoms with E-state index in [4.69, 9.17) is 5.73 Å². The van der Waals surface area contributed by atoms with Gasteiger partial charge in [0.05, 0.1) is 0 Å². The van der Waals surface area contributed by atoms with E-state index in [9.17, 15) is 0 Å². The predicted molar refractivity (Wildman–Crippen MR) is 64.9 cm³/mol. The van der Waals surface area contributed by atoms with Gasteiger partial charge >= 0.3 is 0 Å². The minimum atomic E-state index is 0.590. The third-order valence-electron chi connectivity index (χ3n) is 2.53. The maximum Gasteiger partial charge on any atom is 0.202 e. The van der Waals surface area contributed by atoms with E-state index in [0.29, 0.717) is 6.54 Å². The fraction of sp³-hybridized carbons (Fsp3) is 0.250. The first-order valence-corrected chi connectivity index (χ1v) is 5.28. The second-order valence-electron chi connectivity index (χ2n) is 3.74. The summed E-state index contributed by atoms with van der Waals surface area (Å²) >= 11 is 0. The molecule has 16 heavy (non-hydrogen) atoms. The van der Waals surface area contributed by atoms with Crippen LogP contribution in [0.25, 0.3) is 0 Å². The number of imidazole rings is 1. The van der Waals surface area contributed by atoms with E-state index in [2.05, 4.69) is 34.6 Å². The lowest BCUT2D eigenvalue weighted by Gasteiger charge is -2.06. The van der Waals surface area contributed by atoms with Gasteiger partial charge in [-0.1, -0.05) is 24.3 Å². The van der Waals surface area contributed by atoms with Gasteiger partial charge in [-0.2, -0.15) is 0 Å². The molecule has 1 heterocycles. The van der Waals surface area contributed by atoms with Crippen molar-refractivity contribution in [3.05, 3.63) is 47.8 Å². The van der Waals surface area contributed by atoms with Crippen LogP contribution in [0.4, 0.5) is 5.95 Å². The highest BCUT2D eigenvalue weighted by atomic mass is 15.2. The third-order valence-corrected chi connectivity index (χ3v) is 2.53. The number of hydrogen-bond donors (Lipinski definition) is 2. The van der Waals surface area contributed by atoms with Crippen molar-refractivity contribution < 1.29 is 0 Å². The zero-order valence-corrected chi connectivity index (χ0v) is 9.35. The number of benzene rings is 1. The lowest BCUT2D eigenvalue weighted by molar-refractivity contribution is 0.899. The molecule has 0 spiro atoms. The van der Waals surface area contributed by atoms with Gasteiger partial charge in [0.2, 0.25) is 5.95 Å². The molecular weight excluding hydrogens is 200 g/mol. The van der Waals surface area contributed by atoms with Gasteiger partial charge in [-0.25, -0.2) is 4.98 Å². The Bertz CT molecular complexity index is 444. The molecule has 2 aromatic rings. The van der Waals surface area contributed by atoms with Gasteiger partial charge in [0.15, 0.2) is 0 Å². The molecule has 0 amide bonds. The quantitative estimate of drug-likeness (QED) is 0.814. The van der Waals surface area contributed by atoms with Gasteiger partial charge in [-0.05, 0) is 11.1 Å². The minimum Gasteiger partial charge on any atom is -0.352 e. The third kappa shape index (κ3) is 2.41. The molecule has 0 fully saturated rings. The molecule has 3 N–H and O–H groups in total. The van der Waals surface area contributed by atoms with Gasteiger partial charge in [-0.15, -0.1) is 0 Å². The molecular formula is C12H16N4. The summed E-state index contributed by atoms with van der Waals surface area (Å²) in [6.07, 6.45) is 3.69. The zero-order chi connectivity index (χ0) is 11.4. The Morgan fingerprint density at radius 1 is 1.25 bits per heavy atom. The molecule has 0 unspecified atom stereocenters. The van der Waals surface area contributed by atoms with E-state index in [1.165, 1.54) is 5.56 Å². The van der Waals surface area contributed by atoms with Crippen LogP contribution in [0.2, 0.25) is 0 Å². The molecule has 0 saturated heterocycles. The molecule has 0 aliphatic heterocycles. The van der Waals surface area contributed by atoms with Gasteiger partial charge in [0, 0.05) is 32.5 Å². The van der Waals surface area contributed by atoms with E-state index in [1.807, 2.05) is 17.8 Å². The highest BCUT2D eigenvalue weighted by Crippen LogP contribution is 2.07. The van der Waals surface area contributed by atoms with Crippen molar-refractivity contribution in [2.24, 2.45) is 12.8 Å². The summed E-state index contributed by atoms with van der Waals surface area (Å²) in [5.41, 5.74) is 7.92. The van der Waals surface area contributed by atoms with Crippen LogP contribution in [0, 0.1) is 0 Å². The van der Waals surface area contributed by atoms with E-state index in [-0.39, 0.29) is 0 Å². The largest absolute Gasteiger partial charge is 0.352 e. The first-order valence-electron chi connectivity index (χ1n) is 5.28. The van der Waals surface area contributed by atoms with Crippen molar-refractivity contribution >= 4 is 5.95 Å². The molecule has 0 atom stereocenters. The Morgan fingerprint density at radius 2 is 1.94 bits per heavy atom. The zero-order valence-electron chi connectivity index (χ0n) is 9.35. The van der Waals surface area contributed by atoms with Crippen LogP contribution in [0.3, 0.4) is 0 Å². The molecule has 1 aromatic carbocycles. The Kier molecular flexibility index (Phi) is 3.22. The molecule has 4 heteroatoms. The molecule has 0 saturated carbocycles. The highest BCUT2D eigenvalue weighted by Gasteiger charge is 1.98. The summed E-state index contributed by atoms with van der Waals surface area (Å²) in [7, 11) is 1.97. The lowest BCUT2D eigenvalue weighted by Crippen LogP contribution is -2.05. The first-order chi connectivity index (χ1) is 7.79. The van der Waals surface area contributed by atoms with Gasteiger partial charge < -0.3 is 15.6 Å². The summed E-state index contributed by atoms with van der Waals surface area (Å²) in [4.78, 5) is 4.20. The summed E-state index contributed by atoms with van der Waals surface area (Å²) in [6.45, 7) is 1.36. The standard InChI is InChI=1S/C12H16N4/c1-16-7-6-14-12(16)15-9-11-4-2-10(8-13)3-5-11/h2-7H,8-9,13H2,1H3,(H,14,15). The van der Waals surface area contributed by atoms with Crippen LogP contribution in [0.5, 0.6) is 0 Å². The van der Waals surface area contributed by atoms with Crippen LogP contribution < -0.4 is 11.1 Å². The average Bonchev–Trinajstić information content (AvgIpc) is 2.73. The monoisotopic (exact) mass is 216 g/mol. The molecule has 2 rings (SSSR count). The molecule has 84 valence electrons. The number of aryl methyl sites for hydroxylation is 1. The maximum absolute atomic E-state index is 5.54. The molecule has 0 aliphatic carbocycles. The van der Waals surface area contributed by atoms with Gasteiger partial charge in [0.1, 0.15) is 0 Å². The summed E-state index contributed by atoms with van der Waals surface area (Å²) in [5.74, 6) is 0.878. The number of nitrogens with two attached hydrogens (primary N) is 1. The molecule has 0 bridgehead atoms. The fourth-order valence-corrected chi connectivity index (χ4v) is 1.51. The Hall–Kier alpha value is -1.81. The number of hydrogen-bond acceptors (Lipinski definition) is 3. The summed E-state index contributed by atoms with van der Waals surface area (Å²) in [5, 5.41) is 3.27. The fourth-order valence-electron chi connectivity index (χ4n) is 1.51. The van der Waals surface area contributed by atoms with E-state index >= 15 is 0 Å². The molecule has 0 radical (unpaired) electrons. The summed E-state index contributed by atoms with van der Waals surface area (Å²) < 4.78 is 1.95. The molecule has 4 nitrogen and oxygen atoms in total. The Balaban J connectivity index is 1.97. The first kappa shape index (κ1) is 10.7. The molecule has 1 aromatic heterocycles. The van der Waals surface area contributed by atoms with Crippen molar-refractivity contribution in [1.82, 2.24) is 9.55 Å². The predicted octanol–water partition coefficient (Wildman–Crippen LogP) is 1.49. The van der Waals surface area contributed by atoms with Crippen LogP contribution in [-0.2, 0) is 20.1 Å². The van der Waals surface area contributed by atoms with Crippen molar-refractivity contribution in [1.29, 1.82) is 0 Å². The van der Waals surface area contributed by atoms with Crippen LogP contribution >= 0.6 is 0 Å². The van der Waals surface area contributed by atoms with Crippen LogP contribution in [-0.4, -0.2) is 9.55 Å². The van der Waals surface area contributed by atoms with E-state index in [1.54, 1.807) is 6.20 Å². The van der Waals surface area contributed by atoms with Crippen molar-refractivity contribution in [3.8, 4) is 0 Å². The Morgan fingerprint density at radius 3 is 2.50 bits per heavy atom.